The van der Waals surface area contributed by atoms with Gasteiger partial charge in [-0.3, -0.25) is 9.87 Å². The lowest BCUT2D eigenvalue weighted by Gasteiger charge is -2.44. The minimum Gasteiger partial charge on any atom is -0.450 e. The van der Waals surface area contributed by atoms with Crippen molar-refractivity contribution in [2.45, 2.75) is 64.1 Å². The Balaban J connectivity index is 2.04. The summed E-state index contributed by atoms with van der Waals surface area (Å²) in [6.45, 7) is 5.81. The van der Waals surface area contributed by atoms with Gasteiger partial charge in [0, 0.05) is 25.8 Å². The van der Waals surface area contributed by atoms with Crippen molar-refractivity contribution in [2.24, 2.45) is 4.99 Å². The van der Waals surface area contributed by atoms with Crippen LogP contribution in [0.15, 0.2) is 16.9 Å². The summed E-state index contributed by atoms with van der Waals surface area (Å²) < 4.78 is 48.6. The molecule has 3 rings (SSSR count). The fraction of sp³-hybridized carbons (Fsp3) is 0.778. The summed E-state index contributed by atoms with van der Waals surface area (Å²) in [6.07, 6.45) is 4.66. The Labute approximate surface area is 176 Å². The van der Waals surface area contributed by atoms with Crippen LogP contribution in [0.4, 0.5) is 4.79 Å². The summed E-state index contributed by atoms with van der Waals surface area (Å²) in [5, 5.41) is 3.48. The topological polar surface area (TPSA) is 130 Å². The van der Waals surface area contributed by atoms with Gasteiger partial charge in [-0.05, 0) is 45.4 Å². The minimum atomic E-state index is -4.89. The van der Waals surface area contributed by atoms with E-state index in [-0.39, 0.29) is 12.4 Å². The molecule has 1 amide bonds. The number of nitrogens with zero attached hydrogens (tertiary/aromatic N) is 3. The second kappa shape index (κ2) is 9.50. The van der Waals surface area contributed by atoms with E-state index in [1.54, 1.807) is 13.0 Å². The normalized spacial score (nSPS) is 27.5. The van der Waals surface area contributed by atoms with E-state index in [9.17, 15) is 17.8 Å². The molecule has 0 saturated carbocycles. The number of nitrogens with one attached hydrogen (secondary N) is 1. The smallest absolute Gasteiger partial charge is 0.418 e. The molecular weight excluding hydrogens is 416 g/mol. The lowest BCUT2D eigenvalue weighted by molar-refractivity contribution is -0.0811. The number of rotatable bonds is 7. The van der Waals surface area contributed by atoms with Crippen LogP contribution in [-0.2, 0) is 24.2 Å². The van der Waals surface area contributed by atoms with E-state index >= 15 is 0 Å². The molecule has 170 valence electrons. The molecule has 0 bridgehead atoms. The molecule has 0 radical (unpaired) electrons. The highest BCUT2D eigenvalue weighted by molar-refractivity contribution is 7.80. The number of hydroxylamine groups is 2. The number of aliphatic imine (C=N–C) groups is 1. The van der Waals surface area contributed by atoms with E-state index in [2.05, 4.69) is 10.2 Å². The highest BCUT2D eigenvalue weighted by atomic mass is 32.3. The lowest BCUT2D eigenvalue weighted by Crippen LogP contribution is -2.60. The third-order valence-electron chi connectivity index (χ3n) is 5.47. The van der Waals surface area contributed by atoms with Crippen molar-refractivity contribution in [1.29, 1.82) is 0 Å². The maximum atomic E-state index is 12.1. The second-order valence-electron chi connectivity index (χ2n) is 7.45. The first-order chi connectivity index (χ1) is 14.3. The molecule has 2 N–H and O–H groups in total. The first-order valence-electron chi connectivity index (χ1n) is 10.4. The van der Waals surface area contributed by atoms with Gasteiger partial charge in [-0.1, -0.05) is 6.92 Å². The Bertz CT molecular complexity index is 786. The van der Waals surface area contributed by atoms with Gasteiger partial charge in [-0.2, -0.15) is 13.5 Å². The summed E-state index contributed by atoms with van der Waals surface area (Å²) in [7, 11) is -4.89. The molecule has 0 aromatic rings. The third kappa shape index (κ3) is 5.23. The van der Waals surface area contributed by atoms with Crippen LogP contribution >= 0.6 is 0 Å². The summed E-state index contributed by atoms with van der Waals surface area (Å²) in [6, 6.07) is 0. The molecule has 2 saturated heterocycles. The molecule has 2 fully saturated rings. The molecule has 3 heterocycles. The van der Waals surface area contributed by atoms with Crippen LogP contribution in [0.3, 0.4) is 0 Å². The highest BCUT2D eigenvalue weighted by Gasteiger charge is 2.46. The van der Waals surface area contributed by atoms with Crippen LogP contribution in [-0.4, -0.2) is 72.9 Å². The molecule has 0 spiro atoms. The van der Waals surface area contributed by atoms with Crippen LogP contribution < -0.4 is 5.32 Å². The number of carbonyl (C=O) groups excluding carboxylic acids is 1. The van der Waals surface area contributed by atoms with Gasteiger partial charge in [0.15, 0.2) is 12.0 Å². The average molecular weight is 447 g/mol. The zero-order valence-electron chi connectivity index (χ0n) is 17.4. The van der Waals surface area contributed by atoms with Gasteiger partial charge >= 0.3 is 16.5 Å². The molecule has 3 aliphatic rings. The zero-order valence-corrected chi connectivity index (χ0v) is 18.2. The van der Waals surface area contributed by atoms with E-state index in [0.717, 1.165) is 43.8 Å². The first-order valence-corrected chi connectivity index (χ1v) is 11.7. The monoisotopic (exact) mass is 446 g/mol. The van der Waals surface area contributed by atoms with Crippen molar-refractivity contribution in [1.82, 2.24) is 15.3 Å². The van der Waals surface area contributed by atoms with Crippen molar-refractivity contribution >= 4 is 22.3 Å². The average Bonchev–Trinajstić information content (AvgIpc) is 3.23. The van der Waals surface area contributed by atoms with Crippen molar-refractivity contribution in [3.63, 3.8) is 0 Å². The highest BCUT2D eigenvalue weighted by Crippen LogP contribution is 2.35. The maximum Gasteiger partial charge on any atom is 0.418 e. The second-order valence-corrected chi connectivity index (χ2v) is 8.45. The van der Waals surface area contributed by atoms with Crippen LogP contribution in [0, 0.1) is 0 Å². The predicted octanol–water partition coefficient (Wildman–Crippen LogP) is 1.79. The van der Waals surface area contributed by atoms with Gasteiger partial charge in [0.05, 0.1) is 6.61 Å². The number of hydrogen-bond acceptors (Lipinski definition) is 9. The molecule has 11 nitrogen and oxygen atoms in total. The van der Waals surface area contributed by atoms with Gasteiger partial charge < -0.3 is 14.4 Å². The largest absolute Gasteiger partial charge is 0.450 e. The summed E-state index contributed by atoms with van der Waals surface area (Å²) >= 11 is 0. The van der Waals surface area contributed by atoms with Crippen LogP contribution in [0.5, 0.6) is 0 Å². The Hall–Kier alpha value is -1.89. The van der Waals surface area contributed by atoms with Gasteiger partial charge in [0.25, 0.3) is 0 Å². The van der Waals surface area contributed by atoms with E-state index in [4.69, 9.17) is 18.7 Å². The fourth-order valence-electron chi connectivity index (χ4n) is 4.00. The Morgan fingerprint density at radius 2 is 2.07 bits per heavy atom. The van der Waals surface area contributed by atoms with Gasteiger partial charge in [0.2, 0.25) is 0 Å². The van der Waals surface area contributed by atoms with Crippen molar-refractivity contribution in [3.05, 3.63) is 11.9 Å². The molecule has 12 heteroatoms. The number of hydrogen-bond donors (Lipinski definition) is 2. The third-order valence-corrected chi connectivity index (χ3v) is 5.82. The SMILES string of the molecule is CCOC(=O)NC1C=C(N2CCCC2)N=C(C2(CC)CCCCO2)N1OS(=O)(=O)O. The number of amidine groups is 1. The van der Waals surface area contributed by atoms with E-state index in [0.29, 0.717) is 25.3 Å². The Kier molecular flexibility index (Phi) is 7.22. The van der Waals surface area contributed by atoms with Crippen molar-refractivity contribution in [3.8, 4) is 0 Å². The van der Waals surface area contributed by atoms with Gasteiger partial charge in [-0.25, -0.2) is 9.79 Å². The fourth-order valence-corrected chi connectivity index (χ4v) is 4.37. The molecule has 2 unspecified atom stereocenters. The predicted molar refractivity (Wildman–Crippen MR) is 108 cm³/mol. The first kappa shape index (κ1) is 22.8. The number of carbonyl (C=O) groups is 1. The maximum absolute atomic E-state index is 12.1. The molecule has 0 aromatic heterocycles. The molecular formula is C18H30N4O7S. The Morgan fingerprint density at radius 1 is 1.33 bits per heavy atom. The summed E-state index contributed by atoms with van der Waals surface area (Å²) in [5.74, 6) is 0.801. The van der Waals surface area contributed by atoms with Crippen LogP contribution in [0.25, 0.3) is 0 Å². The lowest BCUT2D eigenvalue weighted by atomic mass is 9.89. The summed E-state index contributed by atoms with van der Waals surface area (Å²) in [4.78, 5) is 18.9. The van der Waals surface area contributed by atoms with Crippen LogP contribution in [0.2, 0.25) is 0 Å². The minimum absolute atomic E-state index is 0.142. The number of alkyl carbamates (subject to hydrolysis) is 1. The van der Waals surface area contributed by atoms with Crippen molar-refractivity contribution < 1.29 is 31.5 Å². The molecule has 0 aliphatic carbocycles. The van der Waals surface area contributed by atoms with Crippen LogP contribution in [0.1, 0.15) is 52.4 Å². The van der Waals surface area contributed by atoms with Crippen molar-refractivity contribution in [2.75, 3.05) is 26.3 Å². The molecule has 0 aromatic carbocycles. The van der Waals surface area contributed by atoms with Gasteiger partial charge in [-0.15, -0.1) is 4.28 Å². The number of likely N-dealkylation sites (tertiary alicyclic amines) is 1. The molecule has 2 atom stereocenters. The Morgan fingerprint density at radius 3 is 2.63 bits per heavy atom. The van der Waals surface area contributed by atoms with E-state index in [1.165, 1.54) is 0 Å². The van der Waals surface area contributed by atoms with E-state index in [1.807, 2.05) is 6.92 Å². The van der Waals surface area contributed by atoms with Gasteiger partial charge in [0.1, 0.15) is 11.4 Å². The quantitative estimate of drug-likeness (QED) is 0.562. The molecule has 30 heavy (non-hydrogen) atoms. The zero-order chi connectivity index (χ0) is 21.8. The van der Waals surface area contributed by atoms with E-state index < -0.39 is 28.3 Å². The summed E-state index contributed by atoms with van der Waals surface area (Å²) in [5.41, 5.74) is -0.906. The number of amides is 1. The number of ether oxygens (including phenoxy) is 2. The molecule has 3 aliphatic heterocycles. The standard InChI is InChI=1S/C18H30N4O7S/c1-3-18(9-5-8-12-28-18)16-19-14(21-10-6-7-11-21)13-15(20-17(23)27-4-2)22(16)29-30(24,25)26/h13,15H,3-12H2,1-2H3,(H,20,23)(H,24,25,26).